The Hall–Kier alpha value is -2.60. The van der Waals surface area contributed by atoms with Crippen LogP contribution in [0.3, 0.4) is 0 Å². The molecule has 6 nitrogen and oxygen atoms in total. The van der Waals surface area contributed by atoms with Gasteiger partial charge in [-0.3, -0.25) is 9.59 Å². The van der Waals surface area contributed by atoms with Crippen LogP contribution in [-0.4, -0.2) is 41.8 Å². The number of ether oxygens (including phenoxy) is 2. The van der Waals surface area contributed by atoms with Gasteiger partial charge in [-0.1, -0.05) is 17.7 Å². The Kier molecular flexibility index (Phi) is 3.70. The van der Waals surface area contributed by atoms with E-state index in [1.54, 1.807) is 30.2 Å². The number of anilines is 1. The van der Waals surface area contributed by atoms with E-state index in [2.05, 4.69) is 6.58 Å². The topological polar surface area (TPSA) is 76.1 Å². The summed E-state index contributed by atoms with van der Waals surface area (Å²) in [7, 11) is 1.58. The van der Waals surface area contributed by atoms with Gasteiger partial charge in [-0.2, -0.15) is 0 Å². The Morgan fingerprint density at radius 3 is 2.65 bits per heavy atom. The molecule has 2 bridgehead atoms. The molecule has 3 aliphatic rings. The fourth-order valence-corrected chi connectivity index (χ4v) is 4.56. The molecular formula is C20H21NO5. The van der Waals surface area contributed by atoms with E-state index in [0.717, 1.165) is 5.57 Å². The van der Waals surface area contributed by atoms with Gasteiger partial charge in [0, 0.05) is 5.69 Å². The fourth-order valence-electron chi connectivity index (χ4n) is 4.56. The summed E-state index contributed by atoms with van der Waals surface area (Å²) in [4.78, 5) is 26.8. The van der Waals surface area contributed by atoms with Gasteiger partial charge in [0.1, 0.15) is 17.3 Å². The maximum atomic E-state index is 13.3. The lowest BCUT2D eigenvalue weighted by Gasteiger charge is -2.33. The highest BCUT2D eigenvalue weighted by atomic mass is 16.5. The molecule has 0 aromatic heterocycles. The summed E-state index contributed by atoms with van der Waals surface area (Å²) in [6, 6.07) is 6.87. The van der Waals surface area contributed by atoms with Crippen molar-refractivity contribution in [3.8, 4) is 5.75 Å². The third-order valence-electron chi connectivity index (χ3n) is 5.60. The van der Waals surface area contributed by atoms with Crippen LogP contribution in [0.5, 0.6) is 5.75 Å². The second kappa shape index (κ2) is 5.71. The van der Waals surface area contributed by atoms with Crippen LogP contribution in [0.2, 0.25) is 0 Å². The van der Waals surface area contributed by atoms with Crippen molar-refractivity contribution in [3.05, 3.63) is 48.6 Å². The van der Waals surface area contributed by atoms with Crippen molar-refractivity contribution in [2.24, 2.45) is 11.8 Å². The largest absolute Gasteiger partial charge is 0.497 e. The first-order chi connectivity index (χ1) is 12.4. The maximum Gasteiger partial charge on any atom is 0.310 e. The number of carboxylic acids is 1. The number of benzene rings is 1. The highest BCUT2D eigenvalue weighted by Crippen LogP contribution is 2.56. The van der Waals surface area contributed by atoms with E-state index in [0.29, 0.717) is 17.9 Å². The van der Waals surface area contributed by atoms with Crippen molar-refractivity contribution in [1.29, 1.82) is 0 Å². The molecule has 5 atom stereocenters. The fraction of sp³-hybridized carbons (Fsp3) is 0.400. The molecule has 1 spiro atoms. The Balaban J connectivity index is 1.81. The molecule has 2 fully saturated rings. The van der Waals surface area contributed by atoms with Gasteiger partial charge in [0.25, 0.3) is 0 Å². The van der Waals surface area contributed by atoms with Crippen molar-refractivity contribution >= 4 is 17.6 Å². The molecule has 0 radical (unpaired) electrons. The van der Waals surface area contributed by atoms with Crippen molar-refractivity contribution in [3.63, 3.8) is 0 Å². The first-order valence-electron chi connectivity index (χ1n) is 8.60. The second-order valence-electron chi connectivity index (χ2n) is 7.22. The lowest BCUT2D eigenvalue weighted by molar-refractivity contribution is -0.146. The van der Waals surface area contributed by atoms with Crippen LogP contribution in [0.25, 0.3) is 0 Å². The van der Waals surface area contributed by atoms with Crippen molar-refractivity contribution in [1.82, 2.24) is 0 Å². The molecule has 4 rings (SSSR count). The second-order valence-corrected chi connectivity index (χ2v) is 7.22. The van der Waals surface area contributed by atoms with Crippen molar-refractivity contribution in [2.45, 2.75) is 31.1 Å². The minimum Gasteiger partial charge on any atom is -0.497 e. The van der Waals surface area contributed by atoms with Gasteiger partial charge < -0.3 is 19.5 Å². The van der Waals surface area contributed by atoms with Crippen LogP contribution >= 0.6 is 0 Å². The summed E-state index contributed by atoms with van der Waals surface area (Å²) >= 11 is 0. The van der Waals surface area contributed by atoms with Crippen molar-refractivity contribution in [2.75, 3.05) is 12.0 Å². The lowest BCUT2D eigenvalue weighted by Crippen LogP contribution is -2.45. The quantitative estimate of drug-likeness (QED) is 0.821. The Bertz CT molecular complexity index is 814. The zero-order chi connectivity index (χ0) is 18.6. The van der Waals surface area contributed by atoms with Crippen LogP contribution in [-0.2, 0) is 14.3 Å². The third-order valence-corrected chi connectivity index (χ3v) is 5.60. The number of carbonyl (C=O) groups is 2. The van der Waals surface area contributed by atoms with Gasteiger partial charge in [0.15, 0.2) is 0 Å². The van der Waals surface area contributed by atoms with Gasteiger partial charge in [-0.05, 0) is 37.6 Å². The molecular weight excluding hydrogens is 334 g/mol. The van der Waals surface area contributed by atoms with Crippen LogP contribution in [0.15, 0.2) is 48.6 Å². The Morgan fingerprint density at radius 1 is 1.38 bits per heavy atom. The number of carboxylic acid groups (broad SMARTS) is 1. The minimum atomic E-state index is -0.995. The van der Waals surface area contributed by atoms with Gasteiger partial charge in [0.2, 0.25) is 5.91 Å². The van der Waals surface area contributed by atoms with Gasteiger partial charge in [-0.15, -0.1) is 6.58 Å². The number of fused-ring (bicyclic) bond motifs is 1. The molecule has 26 heavy (non-hydrogen) atoms. The van der Waals surface area contributed by atoms with Crippen molar-refractivity contribution < 1.29 is 24.2 Å². The van der Waals surface area contributed by atoms with E-state index >= 15 is 0 Å². The number of amides is 1. The summed E-state index contributed by atoms with van der Waals surface area (Å²) in [5.74, 6) is -2.09. The monoisotopic (exact) mass is 355 g/mol. The molecule has 1 N–H and O–H groups in total. The number of rotatable bonds is 5. The summed E-state index contributed by atoms with van der Waals surface area (Å²) in [6.07, 6.45) is 3.66. The van der Waals surface area contributed by atoms with Gasteiger partial charge in [0.05, 0.1) is 25.2 Å². The zero-order valence-corrected chi connectivity index (χ0v) is 14.7. The van der Waals surface area contributed by atoms with Crippen LogP contribution < -0.4 is 9.64 Å². The summed E-state index contributed by atoms with van der Waals surface area (Å²) in [6.45, 7) is 5.90. The first kappa shape index (κ1) is 16.8. The molecule has 1 aromatic rings. The molecule has 3 heterocycles. The number of methoxy groups -OCH3 is 1. The van der Waals surface area contributed by atoms with Crippen LogP contribution in [0, 0.1) is 11.8 Å². The third kappa shape index (κ3) is 2.15. The molecule has 0 aliphatic carbocycles. The highest BCUT2D eigenvalue weighted by Gasteiger charge is 2.71. The van der Waals surface area contributed by atoms with E-state index < -0.39 is 29.5 Å². The predicted molar refractivity (Wildman–Crippen MR) is 95.1 cm³/mol. The predicted octanol–water partition coefficient (Wildman–Crippen LogP) is 2.40. The Morgan fingerprint density at radius 2 is 2.08 bits per heavy atom. The normalized spacial score (nSPS) is 34.2. The summed E-state index contributed by atoms with van der Waals surface area (Å²) in [5.41, 5.74) is 0.704. The molecule has 6 heteroatoms. The highest BCUT2D eigenvalue weighted by molar-refractivity contribution is 6.03. The van der Waals surface area contributed by atoms with E-state index in [9.17, 15) is 14.7 Å². The number of hydrogen-bond acceptors (Lipinski definition) is 4. The van der Waals surface area contributed by atoms with Crippen LogP contribution in [0.4, 0.5) is 5.69 Å². The molecule has 2 saturated heterocycles. The summed E-state index contributed by atoms with van der Waals surface area (Å²) < 4.78 is 11.3. The molecule has 136 valence electrons. The smallest absolute Gasteiger partial charge is 0.310 e. The van der Waals surface area contributed by atoms with E-state index in [1.165, 1.54) is 0 Å². The molecule has 3 aliphatic heterocycles. The van der Waals surface area contributed by atoms with E-state index in [-0.39, 0.29) is 11.9 Å². The number of carbonyl (C=O) groups excluding carboxylic acids is 1. The molecule has 0 saturated carbocycles. The van der Waals surface area contributed by atoms with Gasteiger partial charge in [-0.25, -0.2) is 0 Å². The molecule has 1 aromatic carbocycles. The first-order valence-corrected chi connectivity index (χ1v) is 8.60. The number of hydrogen-bond donors (Lipinski definition) is 1. The van der Waals surface area contributed by atoms with E-state index in [4.69, 9.17) is 9.47 Å². The summed E-state index contributed by atoms with van der Waals surface area (Å²) in [5, 5.41) is 9.67. The average Bonchev–Trinajstić information content (AvgIpc) is 3.24. The number of aliphatic carboxylic acids is 1. The number of nitrogens with zero attached hydrogens (tertiary/aromatic N) is 1. The average molecular weight is 355 g/mol. The standard InChI is InChI=1S/C20H21NO5/c1-11(2)10-15-20-9-8-14(26-20)16(19(23)24)17(20)18(22)21(15)12-4-6-13(25-3)7-5-12/h4-9,14-17H,1,10H2,2-3H3,(H,23,24)/t14-,15+,16+,17-,20+/m0/s1. The lowest BCUT2D eigenvalue weighted by atomic mass is 9.74. The Labute approximate surface area is 151 Å². The van der Waals surface area contributed by atoms with Crippen LogP contribution in [0.1, 0.15) is 13.3 Å². The molecule has 1 amide bonds. The van der Waals surface area contributed by atoms with Gasteiger partial charge >= 0.3 is 5.97 Å². The molecule has 0 unspecified atom stereocenters. The zero-order valence-electron chi connectivity index (χ0n) is 14.7. The SMILES string of the molecule is C=C(C)C[C@H]1N(c2ccc(OC)cc2)C(=O)[C@@H]2[C@H](C(=O)O)[C@@H]3C=C[C@]21O3. The maximum absolute atomic E-state index is 13.3. The van der Waals surface area contributed by atoms with E-state index in [1.807, 2.05) is 25.1 Å². The minimum absolute atomic E-state index is 0.208.